The quantitative estimate of drug-likeness (QED) is 0.632. The van der Waals surface area contributed by atoms with Crippen molar-refractivity contribution in [2.75, 3.05) is 7.11 Å². The van der Waals surface area contributed by atoms with Gasteiger partial charge in [0.1, 0.15) is 5.75 Å². The van der Waals surface area contributed by atoms with Gasteiger partial charge >= 0.3 is 0 Å². The first-order valence-corrected chi connectivity index (χ1v) is 8.55. The molecule has 24 heavy (non-hydrogen) atoms. The molecule has 126 valence electrons. The largest absolute Gasteiger partial charge is 0.496 e. The van der Waals surface area contributed by atoms with Crippen molar-refractivity contribution in [3.63, 3.8) is 0 Å². The normalized spacial score (nSPS) is 12.3. The van der Waals surface area contributed by atoms with Crippen LogP contribution in [-0.2, 0) is 6.54 Å². The average molecular weight is 345 g/mol. The second-order valence-electron chi connectivity index (χ2n) is 5.19. The fourth-order valence-corrected chi connectivity index (χ4v) is 3.32. The molecule has 8 heteroatoms. The van der Waals surface area contributed by atoms with E-state index in [9.17, 15) is 0 Å². The van der Waals surface area contributed by atoms with Crippen molar-refractivity contribution < 1.29 is 9.26 Å². The number of aryl methyl sites for hydroxylation is 1. The summed E-state index contributed by atoms with van der Waals surface area (Å²) in [5, 5.41) is 13.3. The Morgan fingerprint density at radius 3 is 2.75 bits per heavy atom. The molecule has 1 aromatic carbocycles. The molecule has 3 aromatic rings. The van der Waals surface area contributed by atoms with Gasteiger partial charge in [-0.1, -0.05) is 29.1 Å². The first kappa shape index (κ1) is 16.5. The van der Waals surface area contributed by atoms with E-state index in [-0.39, 0.29) is 5.25 Å². The highest BCUT2D eigenvalue weighted by molar-refractivity contribution is 7.99. The minimum Gasteiger partial charge on any atom is -0.496 e. The minimum absolute atomic E-state index is 0.00813. The third-order valence-electron chi connectivity index (χ3n) is 3.55. The molecule has 3 rings (SSSR count). The number of hydrogen-bond donors (Lipinski definition) is 0. The van der Waals surface area contributed by atoms with Gasteiger partial charge in [0, 0.05) is 6.54 Å². The van der Waals surface area contributed by atoms with Crippen molar-refractivity contribution >= 4 is 11.8 Å². The Hall–Kier alpha value is -2.35. The van der Waals surface area contributed by atoms with Gasteiger partial charge < -0.3 is 13.8 Å². The SMILES string of the molecule is CCn1c(SC(C)c2nc(C)no2)nnc1-c1ccccc1OC. The van der Waals surface area contributed by atoms with Gasteiger partial charge in [0.15, 0.2) is 16.8 Å². The maximum absolute atomic E-state index is 5.44. The van der Waals surface area contributed by atoms with E-state index in [0.717, 1.165) is 28.8 Å². The minimum atomic E-state index is -0.00813. The third kappa shape index (κ3) is 3.14. The van der Waals surface area contributed by atoms with Crippen molar-refractivity contribution in [2.24, 2.45) is 0 Å². The van der Waals surface area contributed by atoms with Crippen LogP contribution in [0.2, 0.25) is 0 Å². The molecular formula is C16H19N5O2S. The van der Waals surface area contributed by atoms with E-state index in [4.69, 9.17) is 9.26 Å². The predicted molar refractivity (Wildman–Crippen MR) is 91.0 cm³/mol. The van der Waals surface area contributed by atoms with E-state index in [1.807, 2.05) is 31.2 Å². The Kier molecular flexibility index (Phi) is 4.84. The molecule has 2 heterocycles. The Morgan fingerprint density at radius 1 is 1.29 bits per heavy atom. The molecule has 2 aromatic heterocycles. The number of benzene rings is 1. The lowest BCUT2D eigenvalue weighted by molar-refractivity contribution is 0.376. The highest BCUT2D eigenvalue weighted by Gasteiger charge is 2.21. The number of hydrogen-bond acceptors (Lipinski definition) is 7. The van der Waals surface area contributed by atoms with Crippen molar-refractivity contribution in [3.8, 4) is 17.1 Å². The highest BCUT2D eigenvalue weighted by atomic mass is 32.2. The van der Waals surface area contributed by atoms with Crippen molar-refractivity contribution in [1.82, 2.24) is 24.9 Å². The van der Waals surface area contributed by atoms with Crippen LogP contribution in [-0.4, -0.2) is 32.0 Å². The fourth-order valence-electron chi connectivity index (χ4n) is 2.38. The molecule has 1 atom stereocenters. The summed E-state index contributed by atoms with van der Waals surface area (Å²) in [7, 11) is 1.65. The fraction of sp³-hybridized carbons (Fsp3) is 0.375. The van der Waals surface area contributed by atoms with E-state index in [1.54, 1.807) is 25.8 Å². The molecule has 1 unspecified atom stereocenters. The van der Waals surface area contributed by atoms with E-state index in [2.05, 4.69) is 31.8 Å². The van der Waals surface area contributed by atoms with Crippen LogP contribution in [0.1, 0.15) is 30.8 Å². The summed E-state index contributed by atoms with van der Waals surface area (Å²) in [5.74, 6) is 2.77. The van der Waals surface area contributed by atoms with Gasteiger partial charge in [-0.05, 0) is 32.9 Å². The number of thioether (sulfide) groups is 1. The number of para-hydroxylation sites is 1. The number of methoxy groups -OCH3 is 1. The summed E-state index contributed by atoms with van der Waals surface area (Å²) in [6.07, 6.45) is 0. The zero-order valence-corrected chi connectivity index (χ0v) is 14.9. The Labute approximate surface area is 144 Å². The average Bonchev–Trinajstić information content (AvgIpc) is 3.20. The van der Waals surface area contributed by atoms with Gasteiger partial charge in [0.05, 0.1) is 17.9 Å². The van der Waals surface area contributed by atoms with Gasteiger partial charge in [-0.3, -0.25) is 0 Å². The summed E-state index contributed by atoms with van der Waals surface area (Å²) in [5.41, 5.74) is 0.919. The van der Waals surface area contributed by atoms with Crippen LogP contribution in [0.25, 0.3) is 11.4 Å². The van der Waals surface area contributed by atoms with Crippen LogP contribution in [0, 0.1) is 6.92 Å². The molecule has 0 saturated heterocycles. The Morgan fingerprint density at radius 2 is 2.08 bits per heavy atom. The second kappa shape index (κ2) is 7.04. The van der Waals surface area contributed by atoms with Crippen LogP contribution >= 0.6 is 11.8 Å². The van der Waals surface area contributed by atoms with Crippen LogP contribution < -0.4 is 4.74 Å². The topological polar surface area (TPSA) is 78.9 Å². The van der Waals surface area contributed by atoms with E-state index >= 15 is 0 Å². The summed E-state index contributed by atoms with van der Waals surface area (Å²) >= 11 is 1.54. The molecule has 0 fully saturated rings. The molecule has 0 aliphatic heterocycles. The monoisotopic (exact) mass is 345 g/mol. The van der Waals surface area contributed by atoms with E-state index in [0.29, 0.717) is 11.7 Å². The maximum Gasteiger partial charge on any atom is 0.239 e. The smallest absolute Gasteiger partial charge is 0.239 e. The lowest BCUT2D eigenvalue weighted by Gasteiger charge is -2.11. The van der Waals surface area contributed by atoms with E-state index in [1.165, 1.54) is 0 Å². The zero-order chi connectivity index (χ0) is 17.1. The van der Waals surface area contributed by atoms with Crippen molar-refractivity contribution in [3.05, 3.63) is 36.0 Å². The molecule has 0 saturated carbocycles. The van der Waals surface area contributed by atoms with Crippen LogP contribution in [0.5, 0.6) is 5.75 Å². The Bertz CT molecular complexity index is 829. The number of ether oxygens (including phenoxy) is 1. The zero-order valence-electron chi connectivity index (χ0n) is 14.1. The van der Waals surface area contributed by atoms with Crippen molar-refractivity contribution in [2.45, 2.75) is 37.7 Å². The first-order valence-electron chi connectivity index (χ1n) is 7.67. The van der Waals surface area contributed by atoms with Gasteiger partial charge in [-0.25, -0.2) is 0 Å². The summed E-state index contributed by atoms with van der Waals surface area (Å²) in [6, 6.07) is 7.79. The lowest BCUT2D eigenvalue weighted by Crippen LogP contribution is -2.02. The molecular weight excluding hydrogens is 326 g/mol. The predicted octanol–water partition coefficient (Wildman–Crippen LogP) is 3.52. The van der Waals surface area contributed by atoms with Gasteiger partial charge in [0.2, 0.25) is 5.89 Å². The maximum atomic E-state index is 5.44. The number of nitrogens with zero attached hydrogens (tertiary/aromatic N) is 5. The highest BCUT2D eigenvalue weighted by Crippen LogP contribution is 2.36. The molecule has 0 N–H and O–H groups in total. The van der Waals surface area contributed by atoms with Crippen LogP contribution in [0.3, 0.4) is 0 Å². The summed E-state index contributed by atoms with van der Waals surface area (Å²) in [6.45, 7) is 6.62. The Balaban J connectivity index is 1.92. The lowest BCUT2D eigenvalue weighted by atomic mass is 10.2. The molecule has 0 radical (unpaired) electrons. The molecule has 0 aliphatic rings. The molecule has 7 nitrogen and oxygen atoms in total. The molecule has 0 bridgehead atoms. The van der Waals surface area contributed by atoms with Gasteiger partial charge in [0.25, 0.3) is 0 Å². The molecule has 0 spiro atoms. The van der Waals surface area contributed by atoms with Crippen LogP contribution in [0.15, 0.2) is 33.9 Å². The van der Waals surface area contributed by atoms with Crippen LogP contribution in [0.4, 0.5) is 0 Å². The first-order chi connectivity index (χ1) is 11.6. The molecule has 0 aliphatic carbocycles. The third-order valence-corrected chi connectivity index (χ3v) is 4.62. The molecule has 0 amide bonds. The second-order valence-corrected chi connectivity index (χ2v) is 6.50. The standard InChI is InChI=1S/C16H19N5O2S/c1-5-21-14(12-8-6-7-9-13(12)22-4)18-19-16(21)24-10(2)15-17-11(3)20-23-15/h6-10H,5H2,1-4H3. The van der Waals surface area contributed by atoms with E-state index < -0.39 is 0 Å². The van der Waals surface area contributed by atoms with Crippen molar-refractivity contribution in [1.29, 1.82) is 0 Å². The number of aromatic nitrogens is 5. The van der Waals surface area contributed by atoms with Gasteiger partial charge in [-0.15, -0.1) is 10.2 Å². The van der Waals surface area contributed by atoms with Gasteiger partial charge in [-0.2, -0.15) is 4.98 Å². The summed E-state index contributed by atoms with van der Waals surface area (Å²) in [4.78, 5) is 4.28. The summed E-state index contributed by atoms with van der Waals surface area (Å²) < 4.78 is 12.7. The number of rotatable bonds is 6.